The zero-order valence-electron chi connectivity index (χ0n) is 14.7. The number of thiophene rings is 1. The Morgan fingerprint density at radius 1 is 1.20 bits per heavy atom. The van der Waals surface area contributed by atoms with Gasteiger partial charge in [-0.05, 0) is 56.4 Å². The minimum absolute atomic E-state index is 0.0670. The van der Waals surface area contributed by atoms with Crippen molar-refractivity contribution in [2.24, 2.45) is 0 Å². The number of hydrogen-bond donors (Lipinski definition) is 1. The van der Waals surface area contributed by atoms with Crippen LogP contribution < -0.4 is 10.1 Å². The van der Waals surface area contributed by atoms with Crippen LogP contribution in [0, 0.1) is 0 Å². The molecule has 1 aliphatic heterocycles. The molecule has 0 bridgehead atoms. The maximum atomic E-state index is 12.7. The first kappa shape index (κ1) is 18.0. The Hall–Kier alpha value is -1.85. The molecule has 1 aromatic heterocycles. The van der Waals surface area contributed by atoms with Crippen molar-refractivity contribution in [3.05, 3.63) is 52.2 Å². The topological polar surface area (TPSA) is 41.6 Å². The van der Waals surface area contributed by atoms with E-state index in [4.69, 9.17) is 4.74 Å². The predicted molar refractivity (Wildman–Crippen MR) is 102 cm³/mol. The normalized spacial score (nSPS) is 16.4. The molecule has 5 heteroatoms. The van der Waals surface area contributed by atoms with Crippen LogP contribution in [0.5, 0.6) is 5.75 Å². The van der Waals surface area contributed by atoms with Gasteiger partial charge in [-0.25, -0.2) is 0 Å². The lowest BCUT2D eigenvalue weighted by Crippen LogP contribution is -2.40. The maximum absolute atomic E-state index is 12.7. The van der Waals surface area contributed by atoms with Gasteiger partial charge in [-0.3, -0.25) is 9.69 Å². The van der Waals surface area contributed by atoms with Crippen LogP contribution in [-0.2, 0) is 0 Å². The first-order chi connectivity index (χ1) is 12.3. The largest absolute Gasteiger partial charge is 0.493 e. The number of carbonyl (C=O) groups is 1. The third-order valence-corrected chi connectivity index (χ3v) is 5.56. The molecule has 0 saturated carbocycles. The number of ether oxygens (including phenoxy) is 1. The number of likely N-dealkylation sites (tertiary alicyclic amines) is 1. The van der Waals surface area contributed by atoms with Gasteiger partial charge in [-0.2, -0.15) is 0 Å². The van der Waals surface area contributed by atoms with Gasteiger partial charge in [0, 0.05) is 11.4 Å². The van der Waals surface area contributed by atoms with Crippen LogP contribution in [0.4, 0.5) is 0 Å². The first-order valence-electron chi connectivity index (χ1n) is 9.07. The molecule has 0 aliphatic carbocycles. The van der Waals surface area contributed by atoms with E-state index in [1.807, 2.05) is 31.2 Å². The summed E-state index contributed by atoms with van der Waals surface area (Å²) in [6.45, 7) is 5.31. The average molecular weight is 359 g/mol. The van der Waals surface area contributed by atoms with Crippen molar-refractivity contribution >= 4 is 17.2 Å². The SMILES string of the molecule is CCOc1ccccc1C(=O)NCC(c1cccs1)N1CCCCC1. The van der Waals surface area contributed by atoms with Crippen LogP contribution in [-0.4, -0.2) is 37.0 Å². The van der Waals surface area contributed by atoms with Gasteiger partial charge in [0.15, 0.2) is 0 Å². The number of amides is 1. The number of piperidine rings is 1. The second kappa shape index (κ2) is 9.02. The first-order valence-corrected chi connectivity index (χ1v) is 9.95. The number of nitrogens with zero attached hydrogens (tertiary/aromatic N) is 1. The number of rotatable bonds is 7. The summed E-state index contributed by atoms with van der Waals surface area (Å²) in [7, 11) is 0. The summed E-state index contributed by atoms with van der Waals surface area (Å²) < 4.78 is 5.58. The van der Waals surface area contributed by atoms with Crippen LogP contribution in [0.15, 0.2) is 41.8 Å². The van der Waals surface area contributed by atoms with Gasteiger partial charge in [0.2, 0.25) is 0 Å². The number of hydrogen-bond acceptors (Lipinski definition) is 4. The highest BCUT2D eigenvalue weighted by Crippen LogP contribution is 2.27. The van der Waals surface area contributed by atoms with E-state index in [-0.39, 0.29) is 11.9 Å². The molecule has 1 unspecified atom stereocenters. The van der Waals surface area contributed by atoms with Crippen molar-refractivity contribution in [1.29, 1.82) is 0 Å². The molecular formula is C20H26N2O2S. The second-order valence-electron chi connectivity index (χ2n) is 6.27. The van der Waals surface area contributed by atoms with E-state index in [9.17, 15) is 4.79 Å². The third-order valence-electron chi connectivity index (χ3n) is 4.59. The van der Waals surface area contributed by atoms with E-state index >= 15 is 0 Å². The monoisotopic (exact) mass is 358 g/mol. The molecule has 4 nitrogen and oxygen atoms in total. The maximum Gasteiger partial charge on any atom is 0.255 e. The summed E-state index contributed by atoms with van der Waals surface area (Å²) in [6.07, 6.45) is 3.79. The van der Waals surface area contributed by atoms with Crippen molar-refractivity contribution in [2.45, 2.75) is 32.2 Å². The van der Waals surface area contributed by atoms with Crippen LogP contribution >= 0.6 is 11.3 Å². The fourth-order valence-electron chi connectivity index (χ4n) is 3.34. The summed E-state index contributed by atoms with van der Waals surface area (Å²) in [6, 6.07) is 11.9. The summed E-state index contributed by atoms with van der Waals surface area (Å²) in [5, 5.41) is 5.24. The zero-order chi connectivity index (χ0) is 17.5. The lowest BCUT2D eigenvalue weighted by Gasteiger charge is -2.34. The molecule has 25 heavy (non-hydrogen) atoms. The molecular weight excluding hydrogens is 332 g/mol. The molecule has 134 valence electrons. The van der Waals surface area contributed by atoms with E-state index in [0.29, 0.717) is 24.5 Å². The fourth-order valence-corrected chi connectivity index (χ4v) is 4.20. The van der Waals surface area contributed by atoms with Gasteiger partial charge >= 0.3 is 0 Å². The van der Waals surface area contributed by atoms with Crippen molar-refractivity contribution in [1.82, 2.24) is 10.2 Å². The number of carbonyl (C=O) groups excluding carboxylic acids is 1. The Kier molecular flexibility index (Phi) is 6.48. The smallest absolute Gasteiger partial charge is 0.255 e. The molecule has 1 amide bonds. The van der Waals surface area contributed by atoms with Crippen molar-refractivity contribution in [3.8, 4) is 5.75 Å². The minimum Gasteiger partial charge on any atom is -0.493 e. The highest BCUT2D eigenvalue weighted by Gasteiger charge is 2.24. The van der Waals surface area contributed by atoms with Gasteiger partial charge in [0.05, 0.1) is 18.2 Å². The molecule has 2 aromatic rings. The van der Waals surface area contributed by atoms with Gasteiger partial charge in [-0.1, -0.05) is 24.6 Å². The molecule has 1 saturated heterocycles. The van der Waals surface area contributed by atoms with Gasteiger partial charge in [-0.15, -0.1) is 11.3 Å². The second-order valence-corrected chi connectivity index (χ2v) is 7.25. The lowest BCUT2D eigenvalue weighted by atomic mass is 10.1. The van der Waals surface area contributed by atoms with E-state index in [0.717, 1.165) is 13.1 Å². The zero-order valence-corrected chi connectivity index (χ0v) is 15.6. The average Bonchev–Trinajstić information content (AvgIpc) is 3.18. The van der Waals surface area contributed by atoms with E-state index < -0.39 is 0 Å². The van der Waals surface area contributed by atoms with Crippen molar-refractivity contribution in [2.75, 3.05) is 26.2 Å². The van der Waals surface area contributed by atoms with Gasteiger partial charge in [0.1, 0.15) is 5.75 Å². The molecule has 1 N–H and O–H groups in total. The predicted octanol–water partition coefficient (Wildman–Crippen LogP) is 4.10. The van der Waals surface area contributed by atoms with Gasteiger partial charge in [0.25, 0.3) is 5.91 Å². The highest BCUT2D eigenvalue weighted by molar-refractivity contribution is 7.10. The Morgan fingerprint density at radius 2 is 2.00 bits per heavy atom. The van der Waals surface area contributed by atoms with Crippen LogP contribution in [0.25, 0.3) is 0 Å². The lowest BCUT2D eigenvalue weighted by molar-refractivity contribution is 0.0922. The van der Waals surface area contributed by atoms with Gasteiger partial charge < -0.3 is 10.1 Å². The van der Waals surface area contributed by atoms with E-state index in [1.165, 1.54) is 24.1 Å². The molecule has 3 rings (SSSR count). The Bertz CT molecular complexity index is 666. The summed E-state index contributed by atoms with van der Waals surface area (Å²) in [5.41, 5.74) is 0.605. The number of nitrogens with one attached hydrogen (secondary N) is 1. The third kappa shape index (κ3) is 4.61. The number of benzene rings is 1. The summed E-state index contributed by atoms with van der Waals surface area (Å²) in [4.78, 5) is 16.5. The van der Waals surface area contributed by atoms with E-state index in [2.05, 4.69) is 27.7 Å². The Morgan fingerprint density at radius 3 is 2.72 bits per heavy atom. The van der Waals surface area contributed by atoms with E-state index in [1.54, 1.807) is 11.3 Å². The number of para-hydroxylation sites is 1. The van der Waals surface area contributed by atoms with Crippen molar-refractivity contribution < 1.29 is 9.53 Å². The minimum atomic E-state index is -0.0670. The summed E-state index contributed by atoms with van der Waals surface area (Å²) in [5.74, 6) is 0.579. The van der Waals surface area contributed by atoms with Crippen LogP contribution in [0.1, 0.15) is 47.5 Å². The van der Waals surface area contributed by atoms with Crippen LogP contribution in [0.2, 0.25) is 0 Å². The molecule has 0 radical (unpaired) electrons. The molecule has 1 aliphatic rings. The molecule has 1 fully saturated rings. The molecule has 2 heterocycles. The molecule has 0 spiro atoms. The Labute approximate surface area is 153 Å². The van der Waals surface area contributed by atoms with Crippen molar-refractivity contribution in [3.63, 3.8) is 0 Å². The summed E-state index contributed by atoms with van der Waals surface area (Å²) >= 11 is 1.77. The quantitative estimate of drug-likeness (QED) is 0.810. The standard InChI is InChI=1S/C20H26N2O2S/c1-2-24-18-10-5-4-9-16(18)20(23)21-15-17(19-11-8-14-25-19)22-12-6-3-7-13-22/h4-5,8-11,14,17H,2-3,6-7,12-13,15H2,1H3,(H,21,23). The Balaban J connectivity index is 1.69. The fraction of sp³-hybridized carbons (Fsp3) is 0.450. The van der Waals surface area contributed by atoms with Crippen LogP contribution in [0.3, 0.4) is 0 Å². The molecule has 1 aromatic carbocycles. The molecule has 1 atom stereocenters. The highest BCUT2D eigenvalue weighted by atomic mass is 32.1.